The van der Waals surface area contributed by atoms with Crippen LogP contribution in [0.25, 0.3) is 0 Å². The van der Waals surface area contributed by atoms with Gasteiger partial charge in [0.25, 0.3) is 0 Å². The summed E-state index contributed by atoms with van der Waals surface area (Å²) in [7, 11) is 0. The predicted molar refractivity (Wildman–Crippen MR) is 34.0 cm³/mol. The molecular formula is C6H13NO2. The summed E-state index contributed by atoms with van der Waals surface area (Å²) in [6, 6.07) is 0.0451. The summed E-state index contributed by atoms with van der Waals surface area (Å²) in [4.78, 5) is 0. The maximum Gasteiger partial charge on any atom is 0.0621 e. The van der Waals surface area contributed by atoms with E-state index in [9.17, 15) is 0 Å². The SMILES string of the molecule is N[C@H]1COCC[C@@H]1CO. The van der Waals surface area contributed by atoms with Crippen LogP contribution in [-0.4, -0.2) is 31.0 Å². The third-order valence-electron chi connectivity index (χ3n) is 1.78. The van der Waals surface area contributed by atoms with Gasteiger partial charge < -0.3 is 15.6 Å². The highest BCUT2D eigenvalue weighted by atomic mass is 16.5. The molecule has 0 spiro atoms. The van der Waals surface area contributed by atoms with Crippen molar-refractivity contribution in [1.29, 1.82) is 0 Å². The Hall–Kier alpha value is -0.120. The van der Waals surface area contributed by atoms with Gasteiger partial charge in [0.15, 0.2) is 0 Å². The summed E-state index contributed by atoms with van der Waals surface area (Å²) in [5, 5.41) is 8.73. The number of aliphatic hydroxyl groups excluding tert-OH is 1. The highest BCUT2D eigenvalue weighted by Crippen LogP contribution is 2.11. The van der Waals surface area contributed by atoms with Crippen molar-refractivity contribution in [3.05, 3.63) is 0 Å². The molecule has 3 nitrogen and oxygen atoms in total. The van der Waals surface area contributed by atoms with E-state index in [1.54, 1.807) is 0 Å². The van der Waals surface area contributed by atoms with Gasteiger partial charge in [-0.2, -0.15) is 0 Å². The first-order valence-corrected chi connectivity index (χ1v) is 3.28. The molecule has 0 bridgehead atoms. The molecule has 2 atom stereocenters. The van der Waals surface area contributed by atoms with Crippen LogP contribution in [0.1, 0.15) is 6.42 Å². The molecule has 1 aliphatic rings. The van der Waals surface area contributed by atoms with Crippen molar-refractivity contribution in [1.82, 2.24) is 0 Å². The second-order valence-corrected chi connectivity index (χ2v) is 2.47. The zero-order valence-corrected chi connectivity index (χ0v) is 5.42. The van der Waals surface area contributed by atoms with E-state index in [1.807, 2.05) is 0 Å². The van der Waals surface area contributed by atoms with Gasteiger partial charge in [-0.1, -0.05) is 0 Å². The van der Waals surface area contributed by atoms with Gasteiger partial charge in [0.2, 0.25) is 0 Å². The van der Waals surface area contributed by atoms with E-state index >= 15 is 0 Å². The van der Waals surface area contributed by atoms with Crippen molar-refractivity contribution in [2.45, 2.75) is 12.5 Å². The maximum absolute atomic E-state index is 8.73. The van der Waals surface area contributed by atoms with Crippen molar-refractivity contribution >= 4 is 0 Å². The van der Waals surface area contributed by atoms with Crippen LogP contribution in [0, 0.1) is 5.92 Å². The minimum atomic E-state index is 0.0451. The molecule has 1 saturated heterocycles. The van der Waals surface area contributed by atoms with Crippen molar-refractivity contribution < 1.29 is 9.84 Å². The van der Waals surface area contributed by atoms with Crippen LogP contribution in [-0.2, 0) is 4.74 Å². The molecule has 3 heteroatoms. The van der Waals surface area contributed by atoms with Crippen molar-refractivity contribution in [2.24, 2.45) is 11.7 Å². The second-order valence-electron chi connectivity index (χ2n) is 2.47. The van der Waals surface area contributed by atoms with E-state index in [4.69, 9.17) is 15.6 Å². The van der Waals surface area contributed by atoms with Gasteiger partial charge in [0, 0.05) is 25.2 Å². The number of hydrogen-bond donors (Lipinski definition) is 2. The fraction of sp³-hybridized carbons (Fsp3) is 1.00. The van der Waals surface area contributed by atoms with Gasteiger partial charge in [-0.15, -0.1) is 0 Å². The monoisotopic (exact) mass is 131 g/mol. The molecular weight excluding hydrogens is 118 g/mol. The molecule has 0 saturated carbocycles. The summed E-state index contributed by atoms with van der Waals surface area (Å²) in [5.41, 5.74) is 5.60. The molecule has 1 fully saturated rings. The zero-order valence-electron chi connectivity index (χ0n) is 5.42. The van der Waals surface area contributed by atoms with Gasteiger partial charge in [-0.3, -0.25) is 0 Å². The summed E-state index contributed by atoms with van der Waals surface area (Å²) >= 11 is 0. The number of rotatable bonds is 1. The van der Waals surface area contributed by atoms with Crippen LogP contribution >= 0.6 is 0 Å². The third-order valence-corrected chi connectivity index (χ3v) is 1.78. The molecule has 0 aromatic carbocycles. The number of hydrogen-bond acceptors (Lipinski definition) is 3. The van der Waals surface area contributed by atoms with E-state index < -0.39 is 0 Å². The van der Waals surface area contributed by atoms with Gasteiger partial charge in [-0.05, 0) is 6.42 Å². The second kappa shape index (κ2) is 3.15. The average molecular weight is 131 g/mol. The first-order valence-electron chi connectivity index (χ1n) is 3.28. The lowest BCUT2D eigenvalue weighted by atomic mass is 9.97. The normalized spacial score (nSPS) is 36.7. The van der Waals surface area contributed by atoms with Crippen molar-refractivity contribution in [2.75, 3.05) is 19.8 Å². The molecule has 1 heterocycles. The fourth-order valence-electron chi connectivity index (χ4n) is 1.03. The smallest absolute Gasteiger partial charge is 0.0621 e. The van der Waals surface area contributed by atoms with Gasteiger partial charge in [-0.25, -0.2) is 0 Å². The number of nitrogens with two attached hydrogens (primary N) is 1. The van der Waals surface area contributed by atoms with Crippen LogP contribution in [0.3, 0.4) is 0 Å². The molecule has 0 aliphatic carbocycles. The topological polar surface area (TPSA) is 55.5 Å². The maximum atomic E-state index is 8.73. The lowest BCUT2D eigenvalue weighted by Gasteiger charge is -2.26. The molecule has 0 aromatic rings. The largest absolute Gasteiger partial charge is 0.396 e. The molecule has 0 radical (unpaired) electrons. The number of ether oxygens (including phenoxy) is 1. The highest BCUT2D eigenvalue weighted by molar-refractivity contribution is 4.74. The van der Waals surface area contributed by atoms with Crippen LogP contribution in [0.2, 0.25) is 0 Å². The van der Waals surface area contributed by atoms with Crippen molar-refractivity contribution in [3.8, 4) is 0 Å². The van der Waals surface area contributed by atoms with Crippen LogP contribution in [0.15, 0.2) is 0 Å². The lowest BCUT2D eigenvalue weighted by molar-refractivity contribution is 0.0286. The Morgan fingerprint density at radius 3 is 2.89 bits per heavy atom. The Bertz CT molecular complexity index is 87.1. The quantitative estimate of drug-likeness (QED) is 0.497. The van der Waals surface area contributed by atoms with Crippen LogP contribution < -0.4 is 5.73 Å². The summed E-state index contributed by atoms with van der Waals surface area (Å²) in [5.74, 6) is 0.263. The van der Waals surface area contributed by atoms with Gasteiger partial charge >= 0.3 is 0 Å². The Balaban J connectivity index is 2.30. The molecule has 3 N–H and O–H groups in total. The molecule has 1 aliphatic heterocycles. The van der Waals surface area contributed by atoms with E-state index in [0.717, 1.165) is 13.0 Å². The first-order chi connectivity index (χ1) is 4.34. The summed E-state index contributed by atoms with van der Waals surface area (Å²) < 4.78 is 5.08. The molecule has 0 amide bonds. The molecule has 54 valence electrons. The Morgan fingerprint density at radius 1 is 1.67 bits per heavy atom. The van der Waals surface area contributed by atoms with Crippen LogP contribution in [0.5, 0.6) is 0 Å². The standard InChI is InChI=1S/C6H13NO2/c7-6-4-9-2-1-5(6)3-8/h5-6,8H,1-4,7H2/t5-,6+/m1/s1. The minimum Gasteiger partial charge on any atom is -0.396 e. The minimum absolute atomic E-state index is 0.0451. The van der Waals surface area contributed by atoms with E-state index in [0.29, 0.717) is 6.61 Å². The highest BCUT2D eigenvalue weighted by Gasteiger charge is 2.20. The molecule has 0 unspecified atom stereocenters. The number of aliphatic hydroxyl groups is 1. The molecule has 0 aromatic heterocycles. The third kappa shape index (κ3) is 1.64. The van der Waals surface area contributed by atoms with E-state index in [2.05, 4.69) is 0 Å². The molecule has 1 rings (SSSR count). The fourth-order valence-corrected chi connectivity index (χ4v) is 1.03. The van der Waals surface area contributed by atoms with Crippen LogP contribution in [0.4, 0.5) is 0 Å². The Morgan fingerprint density at radius 2 is 2.44 bits per heavy atom. The van der Waals surface area contributed by atoms with Gasteiger partial charge in [0.05, 0.1) is 6.61 Å². The average Bonchev–Trinajstić information content (AvgIpc) is 1.89. The predicted octanol–water partition coefficient (Wildman–Crippen LogP) is -0.658. The van der Waals surface area contributed by atoms with Gasteiger partial charge in [0.1, 0.15) is 0 Å². The Kier molecular flexibility index (Phi) is 2.45. The Labute approximate surface area is 54.8 Å². The molecule has 9 heavy (non-hydrogen) atoms. The van der Waals surface area contributed by atoms with E-state index in [-0.39, 0.29) is 18.6 Å². The summed E-state index contributed by atoms with van der Waals surface area (Å²) in [6.07, 6.45) is 0.900. The zero-order chi connectivity index (χ0) is 6.69. The summed E-state index contributed by atoms with van der Waals surface area (Å²) in [6.45, 7) is 1.55. The van der Waals surface area contributed by atoms with Crippen molar-refractivity contribution in [3.63, 3.8) is 0 Å². The van der Waals surface area contributed by atoms with E-state index in [1.165, 1.54) is 0 Å². The first kappa shape index (κ1) is 6.99. The lowest BCUT2D eigenvalue weighted by Crippen LogP contribution is -2.41.